The molecule has 2 aromatic rings. The van der Waals surface area contributed by atoms with Crippen molar-refractivity contribution in [3.05, 3.63) is 58.8 Å². The van der Waals surface area contributed by atoms with Crippen molar-refractivity contribution >= 4 is 35.3 Å². The summed E-state index contributed by atoms with van der Waals surface area (Å²) in [5, 5.41) is 5.35. The molecule has 0 aromatic heterocycles. The number of hydrogen-bond acceptors (Lipinski definition) is 5. The minimum atomic E-state index is -0.632. The summed E-state index contributed by atoms with van der Waals surface area (Å²) in [5.74, 6) is -0.0866. The van der Waals surface area contributed by atoms with Crippen LogP contribution in [-0.2, 0) is 9.59 Å². The van der Waals surface area contributed by atoms with Crippen LogP contribution in [-0.4, -0.2) is 49.0 Å². The van der Waals surface area contributed by atoms with Crippen LogP contribution in [0, 0.1) is 6.92 Å². The quantitative estimate of drug-likeness (QED) is 0.497. The molecule has 1 fully saturated rings. The molecule has 0 aliphatic carbocycles. The molecule has 35 heavy (non-hydrogen) atoms. The average Bonchev–Trinajstić information content (AvgIpc) is 3.06. The summed E-state index contributed by atoms with van der Waals surface area (Å²) in [6.45, 7) is 8.11. The second-order valence-electron chi connectivity index (χ2n) is 9.87. The Morgan fingerprint density at radius 3 is 2.66 bits per heavy atom. The van der Waals surface area contributed by atoms with Gasteiger partial charge in [-0.2, -0.15) is 0 Å². The molecule has 0 radical (unpaired) electrons. The second kappa shape index (κ2) is 9.09. The summed E-state index contributed by atoms with van der Waals surface area (Å²) >= 11 is 0. The highest BCUT2D eigenvalue weighted by Gasteiger charge is 2.37. The molecule has 1 unspecified atom stereocenters. The number of nitrogens with one attached hydrogen (secondary N) is 2. The second-order valence-corrected chi connectivity index (χ2v) is 9.87. The summed E-state index contributed by atoms with van der Waals surface area (Å²) in [6.07, 6.45) is 2.60. The number of benzene rings is 2. The van der Waals surface area contributed by atoms with Gasteiger partial charge in [0, 0.05) is 35.6 Å². The lowest BCUT2D eigenvalue weighted by Gasteiger charge is -2.45. The zero-order chi connectivity index (χ0) is 25.5. The lowest BCUT2D eigenvalue weighted by Crippen LogP contribution is -2.45. The first-order valence-electron chi connectivity index (χ1n) is 11.7. The van der Waals surface area contributed by atoms with Gasteiger partial charge >= 0.3 is 6.03 Å². The fraction of sp³-hybridized carbons (Fsp3) is 0.370. The summed E-state index contributed by atoms with van der Waals surface area (Å²) < 4.78 is 5.63. The van der Waals surface area contributed by atoms with E-state index >= 15 is 0 Å². The number of urea groups is 1. The van der Waals surface area contributed by atoms with E-state index in [1.165, 1.54) is 0 Å². The Kier molecular flexibility index (Phi) is 6.32. The number of amides is 4. The third-order valence-electron chi connectivity index (χ3n) is 6.97. The molecule has 0 spiro atoms. The molecule has 4 amide bonds. The van der Waals surface area contributed by atoms with Gasteiger partial charge in [0.1, 0.15) is 18.0 Å². The molecule has 184 valence electrons. The van der Waals surface area contributed by atoms with Crippen LogP contribution in [0.3, 0.4) is 0 Å². The number of rotatable bonds is 5. The van der Waals surface area contributed by atoms with E-state index in [1.807, 2.05) is 37.3 Å². The Balaban J connectivity index is 1.58. The minimum Gasteiger partial charge on any atom is -0.496 e. The van der Waals surface area contributed by atoms with Crippen LogP contribution in [0.1, 0.15) is 49.8 Å². The third-order valence-corrected chi connectivity index (χ3v) is 6.97. The van der Waals surface area contributed by atoms with Gasteiger partial charge in [-0.3, -0.25) is 9.59 Å². The lowest BCUT2D eigenvalue weighted by molar-refractivity contribution is -0.127. The molecule has 2 heterocycles. The summed E-state index contributed by atoms with van der Waals surface area (Å²) in [5.41, 5.74) is 4.58. The third kappa shape index (κ3) is 4.60. The highest BCUT2D eigenvalue weighted by molar-refractivity contribution is 6.16. The number of para-hydroxylation sites is 1. The first-order chi connectivity index (χ1) is 16.5. The molecular formula is C27H32N4O4. The molecule has 1 saturated heterocycles. The Morgan fingerprint density at radius 1 is 1.26 bits per heavy atom. The smallest absolute Gasteiger partial charge is 0.329 e. The molecule has 8 heteroatoms. The maximum absolute atomic E-state index is 13.0. The summed E-state index contributed by atoms with van der Waals surface area (Å²) in [4.78, 5) is 41.2. The molecule has 1 atom stereocenters. The molecular weight excluding hydrogens is 444 g/mol. The number of ether oxygens (including phenoxy) is 1. The molecule has 8 nitrogen and oxygen atoms in total. The Labute approximate surface area is 205 Å². The van der Waals surface area contributed by atoms with Gasteiger partial charge < -0.3 is 20.3 Å². The number of nitrogens with zero attached hydrogens (tertiary/aromatic N) is 2. The molecule has 2 aromatic carbocycles. The number of carbonyl (C=O) groups excluding carboxylic acids is 3. The van der Waals surface area contributed by atoms with Crippen molar-refractivity contribution in [3.63, 3.8) is 0 Å². The van der Waals surface area contributed by atoms with Gasteiger partial charge in [0.15, 0.2) is 0 Å². The van der Waals surface area contributed by atoms with Crippen molar-refractivity contribution in [1.29, 1.82) is 0 Å². The van der Waals surface area contributed by atoms with E-state index < -0.39 is 17.8 Å². The Bertz CT molecular complexity index is 1230. The van der Waals surface area contributed by atoms with E-state index in [1.54, 1.807) is 19.3 Å². The Morgan fingerprint density at radius 2 is 1.97 bits per heavy atom. The van der Waals surface area contributed by atoms with Crippen LogP contribution in [0.15, 0.2) is 42.1 Å². The standard InChI is InChI=1S/C27H32N4O4/c1-16-9-7-8-10-20(16)28-24(32)15-31-25(33)21(29-26(31)34)12-18-11-19-17(2)14-27(3,4)30(5)22(19)13-23(18)35-6/h7-13,17H,14-15H2,1-6H3,(H,28,32)(H,29,34)/b21-12+. The fourth-order valence-corrected chi connectivity index (χ4v) is 4.82. The minimum absolute atomic E-state index is 0.00612. The normalized spacial score (nSPS) is 20.1. The number of anilines is 2. The van der Waals surface area contributed by atoms with Crippen LogP contribution in [0.25, 0.3) is 6.08 Å². The van der Waals surface area contributed by atoms with E-state index in [0.29, 0.717) is 22.9 Å². The van der Waals surface area contributed by atoms with Crippen LogP contribution in [0.5, 0.6) is 5.75 Å². The van der Waals surface area contributed by atoms with Gasteiger partial charge in [0.05, 0.1) is 7.11 Å². The largest absolute Gasteiger partial charge is 0.496 e. The molecule has 2 N–H and O–H groups in total. The van der Waals surface area contributed by atoms with Crippen LogP contribution in [0.2, 0.25) is 0 Å². The number of aryl methyl sites for hydroxylation is 1. The number of hydrogen-bond donors (Lipinski definition) is 2. The van der Waals surface area contributed by atoms with Crippen LogP contribution >= 0.6 is 0 Å². The van der Waals surface area contributed by atoms with E-state index in [4.69, 9.17) is 4.74 Å². The zero-order valence-corrected chi connectivity index (χ0v) is 21.1. The van der Waals surface area contributed by atoms with Crippen molar-refractivity contribution in [1.82, 2.24) is 10.2 Å². The van der Waals surface area contributed by atoms with Crippen molar-refractivity contribution in [2.45, 2.75) is 45.6 Å². The summed E-state index contributed by atoms with van der Waals surface area (Å²) in [7, 11) is 3.65. The van der Waals surface area contributed by atoms with Gasteiger partial charge in [0.2, 0.25) is 5.91 Å². The molecule has 4 rings (SSSR count). The van der Waals surface area contributed by atoms with E-state index in [0.717, 1.165) is 28.1 Å². The molecule has 0 bridgehead atoms. The summed E-state index contributed by atoms with van der Waals surface area (Å²) in [6, 6.07) is 10.7. The van der Waals surface area contributed by atoms with E-state index in [9.17, 15) is 14.4 Å². The van der Waals surface area contributed by atoms with Crippen molar-refractivity contribution < 1.29 is 19.1 Å². The van der Waals surface area contributed by atoms with Crippen LogP contribution < -0.4 is 20.3 Å². The highest BCUT2D eigenvalue weighted by atomic mass is 16.5. The van der Waals surface area contributed by atoms with Gasteiger partial charge in [-0.25, -0.2) is 9.69 Å². The van der Waals surface area contributed by atoms with E-state index in [2.05, 4.69) is 43.4 Å². The number of imide groups is 1. The first kappa shape index (κ1) is 24.3. The SMILES string of the molecule is COc1cc2c(cc1/C=C1/NC(=O)N(CC(=O)Nc3ccccc3C)C1=O)C(C)CC(C)(C)N2C. The monoisotopic (exact) mass is 476 g/mol. The molecule has 2 aliphatic rings. The zero-order valence-electron chi connectivity index (χ0n) is 21.1. The molecule has 2 aliphatic heterocycles. The van der Waals surface area contributed by atoms with Gasteiger partial charge in [-0.05, 0) is 62.4 Å². The predicted molar refractivity (Wildman–Crippen MR) is 137 cm³/mol. The van der Waals surface area contributed by atoms with Crippen molar-refractivity contribution in [2.24, 2.45) is 0 Å². The lowest BCUT2D eigenvalue weighted by atomic mass is 9.80. The number of methoxy groups -OCH3 is 1. The topological polar surface area (TPSA) is 91.0 Å². The van der Waals surface area contributed by atoms with Crippen LogP contribution in [0.4, 0.5) is 16.2 Å². The van der Waals surface area contributed by atoms with E-state index in [-0.39, 0.29) is 17.8 Å². The maximum atomic E-state index is 13.0. The van der Waals surface area contributed by atoms with Gasteiger partial charge in [-0.15, -0.1) is 0 Å². The maximum Gasteiger partial charge on any atom is 0.329 e. The highest BCUT2D eigenvalue weighted by Crippen LogP contribution is 2.45. The number of carbonyl (C=O) groups is 3. The first-order valence-corrected chi connectivity index (χ1v) is 11.7. The fourth-order valence-electron chi connectivity index (χ4n) is 4.82. The van der Waals surface area contributed by atoms with Crippen molar-refractivity contribution in [2.75, 3.05) is 30.9 Å². The van der Waals surface area contributed by atoms with Gasteiger partial charge in [-0.1, -0.05) is 25.1 Å². The molecule has 0 saturated carbocycles. The average molecular weight is 477 g/mol. The predicted octanol–water partition coefficient (Wildman–Crippen LogP) is 4.26. The Hall–Kier alpha value is -3.81. The van der Waals surface area contributed by atoms with Gasteiger partial charge in [0.25, 0.3) is 5.91 Å². The number of fused-ring (bicyclic) bond motifs is 1. The van der Waals surface area contributed by atoms with Crippen molar-refractivity contribution in [3.8, 4) is 5.75 Å².